The molecular weight excluding hydrogens is 246 g/mol. The summed E-state index contributed by atoms with van der Waals surface area (Å²) in [5, 5.41) is 4.32. The highest BCUT2D eigenvalue weighted by molar-refractivity contribution is 5.92. The van der Waals surface area contributed by atoms with E-state index in [1.165, 1.54) is 5.69 Å². The Morgan fingerprint density at radius 2 is 2.15 bits per heavy atom. The predicted octanol–water partition coefficient (Wildman–Crippen LogP) is 2.80. The van der Waals surface area contributed by atoms with Gasteiger partial charge >= 0.3 is 0 Å². The first-order valence-electron chi connectivity index (χ1n) is 7.01. The second-order valence-corrected chi connectivity index (χ2v) is 4.81. The average Bonchev–Trinajstić information content (AvgIpc) is 2.46. The van der Waals surface area contributed by atoms with Crippen LogP contribution in [0.25, 0.3) is 10.9 Å². The zero-order valence-corrected chi connectivity index (χ0v) is 12.2. The van der Waals surface area contributed by atoms with E-state index in [-0.39, 0.29) is 0 Å². The van der Waals surface area contributed by atoms with E-state index >= 15 is 0 Å². The van der Waals surface area contributed by atoms with Crippen molar-refractivity contribution in [2.75, 3.05) is 25.0 Å². The van der Waals surface area contributed by atoms with Crippen LogP contribution < -0.4 is 10.2 Å². The minimum Gasteiger partial charge on any atom is -0.360 e. The topological polar surface area (TPSA) is 28.2 Å². The zero-order valence-electron chi connectivity index (χ0n) is 12.2. The summed E-state index contributed by atoms with van der Waals surface area (Å²) in [7, 11) is 1.93. The maximum Gasteiger partial charge on any atom is 0.0791 e. The fourth-order valence-electron chi connectivity index (χ4n) is 2.41. The highest BCUT2D eigenvalue weighted by Crippen LogP contribution is 2.27. The summed E-state index contributed by atoms with van der Waals surface area (Å²) >= 11 is 0. The van der Waals surface area contributed by atoms with Crippen molar-refractivity contribution in [3.05, 3.63) is 36.0 Å². The highest BCUT2D eigenvalue weighted by atomic mass is 15.1. The van der Waals surface area contributed by atoms with Gasteiger partial charge in [0.1, 0.15) is 0 Å². The van der Waals surface area contributed by atoms with Crippen molar-refractivity contribution in [1.82, 2.24) is 10.3 Å². The van der Waals surface area contributed by atoms with Gasteiger partial charge in [-0.05, 0) is 25.6 Å². The van der Waals surface area contributed by atoms with Crippen molar-refractivity contribution in [3.8, 4) is 12.3 Å². The number of benzene rings is 1. The van der Waals surface area contributed by atoms with Crippen LogP contribution in [-0.2, 0) is 6.54 Å². The van der Waals surface area contributed by atoms with Crippen molar-refractivity contribution in [2.45, 2.75) is 19.9 Å². The predicted molar refractivity (Wildman–Crippen MR) is 85.8 cm³/mol. The number of nitrogens with zero attached hydrogens (tertiary/aromatic N) is 2. The maximum absolute atomic E-state index is 5.52. The van der Waals surface area contributed by atoms with Crippen LogP contribution in [0.5, 0.6) is 0 Å². The number of para-hydroxylation sites is 1. The molecular formula is C17H21N3. The summed E-state index contributed by atoms with van der Waals surface area (Å²) in [6, 6.07) is 10.4. The summed E-state index contributed by atoms with van der Waals surface area (Å²) in [5.74, 6) is 2.76. The largest absolute Gasteiger partial charge is 0.360 e. The first-order chi connectivity index (χ1) is 9.80. The lowest BCUT2D eigenvalue weighted by Crippen LogP contribution is -2.25. The van der Waals surface area contributed by atoms with E-state index in [0.29, 0.717) is 6.54 Å². The third-order valence-electron chi connectivity index (χ3n) is 3.22. The number of rotatable bonds is 6. The van der Waals surface area contributed by atoms with Crippen LogP contribution in [0.15, 0.2) is 30.3 Å². The van der Waals surface area contributed by atoms with Crippen molar-refractivity contribution in [3.63, 3.8) is 0 Å². The molecule has 0 amide bonds. The van der Waals surface area contributed by atoms with Crippen molar-refractivity contribution < 1.29 is 0 Å². The molecule has 3 nitrogen and oxygen atoms in total. The van der Waals surface area contributed by atoms with Gasteiger partial charge in [-0.1, -0.05) is 31.0 Å². The Balaban J connectivity index is 2.55. The number of hydrogen-bond donors (Lipinski definition) is 1. The lowest BCUT2D eigenvalue weighted by atomic mass is 10.1. The molecule has 0 fully saturated rings. The number of aromatic nitrogens is 1. The molecule has 0 spiro atoms. The molecule has 0 atom stereocenters. The standard InChI is InChI=1S/C17H21N3/c1-4-10-20(11-5-2)17-12-14(13-18-3)19-16-9-7-6-8-15(16)17/h1,6-9,12,18H,5,10-11,13H2,2-3H3. The van der Waals surface area contributed by atoms with Crippen molar-refractivity contribution in [1.29, 1.82) is 0 Å². The van der Waals surface area contributed by atoms with Gasteiger partial charge in [-0.2, -0.15) is 0 Å². The second-order valence-electron chi connectivity index (χ2n) is 4.81. The van der Waals surface area contributed by atoms with Crippen LogP contribution in [0.2, 0.25) is 0 Å². The van der Waals surface area contributed by atoms with E-state index in [4.69, 9.17) is 6.42 Å². The molecule has 0 aliphatic carbocycles. The fraction of sp³-hybridized carbons (Fsp3) is 0.353. The van der Waals surface area contributed by atoms with Crippen LogP contribution in [0.3, 0.4) is 0 Å². The molecule has 0 aliphatic heterocycles. The zero-order chi connectivity index (χ0) is 14.4. The van der Waals surface area contributed by atoms with Gasteiger partial charge in [0.05, 0.1) is 17.8 Å². The summed E-state index contributed by atoms with van der Waals surface area (Å²) in [4.78, 5) is 6.94. The summed E-state index contributed by atoms with van der Waals surface area (Å²) < 4.78 is 0. The first-order valence-corrected chi connectivity index (χ1v) is 7.01. The van der Waals surface area contributed by atoms with E-state index in [2.05, 4.69) is 46.2 Å². The molecule has 0 saturated heterocycles. The van der Waals surface area contributed by atoms with Gasteiger partial charge in [0.25, 0.3) is 0 Å². The van der Waals surface area contributed by atoms with Gasteiger partial charge in [0.2, 0.25) is 0 Å². The Labute approximate surface area is 121 Å². The summed E-state index contributed by atoms with van der Waals surface area (Å²) in [6.45, 7) is 4.51. The molecule has 1 heterocycles. The summed E-state index contributed by atoms with van der Waals surface area (Å²) in [6.07, 6.45) is 6.59. The SMILES string of the molecule is C#CCN(CCC)c1cc(CNC)nc2ccccc12. The number of fused-ring (bicyclic) bond motifs is 1. The van der Waals surface area contributed by atoms with Crippen LogP contribution >= 0.6 is 0 Å². The van der Waals surface area contributed by atoms with Gasteiger partial charge in [-0.25, -0.2) is 0 Å². The Morgan fingerprint density at radius 3 is 2.85 bits per heavy atom. The molecule has 1 aromatic heterocycles. The molecule has 104 valence electrons. The first kappa shape index (κ1) is 14.4. The van der Waals surface area contributed by atoms with Gasteiger partial charge in [-0.3, -0.25) is 4.98 Å². The molecule has 20 heavy (non-hydrogen) atoms. The molecule has 2 rings (SSSR count). The van der Waals surface area contributed by atoms with Crippen LogP contribution in [0.1, 0.15) is 19.0 Å². The maximum atomic E-state index is 5.52. The minimum absolute atomic E-state index is 0.626. The second kappa shape index (κ2) is 6.93. The molecule has 1 aromatic carbocycles. The fourth-order valence-corrected chi connectivity index (χ4v) is 2.41. The Kier molecular flexibility index (Phi) is 4.97. The number of terminal acetylenes is 1. The number of anilines is 1. The third kappa shape index (κ3) is 3.09. The summed E-state index contributed by atoms with van der Waals surface area (Å²) in [5.41, 5.74) is 3.24. The molecule has 0 radical (unpaired) electrons. The lowest BCUT2D eigenvalue weighted by molar-refractivity contribution is 0.789. The monoisotopic (exact) mass is 267 g/mol. The van der Waals surface area contributed by atoms with E-state index in [0.717, 1.165) is 36.1 Å². The third-order valence-corrected chi connectivity index (χ3v) is 3.22. The molecule has 0 aliphatic rings. The van der Waals surface area contributed by atoms with E-state index in [1.807, 2.05) is 19.2 Å². The Morgan fingerprint density at radius 1 is 1.35 bits per heavy atom. The van der Waals surface area contributed by atoms with E-state index < -0.39 is 0 Å². The smallest absolute Gasteiger partial charge is 0.0791 e. The quantitative estimate of drug-likeness (QED) is 0.816. The van der Waals surface area contributed by atoms with E-state index in [9.17, 15) is 0 Å². The normalized spacial score (nSPS) is 10.4. The Bertz CT molecular complexity index is 613. The molecule has 1 N–H and O–H groups in total. The van der Waals surface area contributed by atoms with Crippen LogP contribution in [0.4, 0.5) is 5.69 Å². The lowest BCUT2D eigenvalue weighted by Gasteiger charge is -2.24. The molecule has 2 aromatic rings. The molecule has 0 saturated carbocycles. The highest BCUT2D eigenvalue weighted by Gasteiger charge is 2.11. The molecule has 0 unspecified atom stereocenters. The van der Waals surface area contributed by atoms with E-state index in [1.54, 1.807) is 0 Å². The van der Waals surface area contributed by atoms with Crippen LogP contribution in [0, 0.1) is 12.3 Å². The van der Waals surface area contributed by atoms with Crippen LogP contribution in [-0.4, -0.2) is 25.1 Å². The van der Waals surface area contributed by atoms with Gasteiger partial charge in [0.15, 0.2) is 0 Å². The van der Waals surface area contributed by atoms with Gasteiger partial charge < -0.3 is 10.2 Å². The minimum atomic E-state index is 0.626. The van der Waals surface area contributed by atoms with Crippen molar-refractivity contribution >= 4 is 16.6 Å². The average molecular weight is 267 g/mol. The number of hydrogen-bond acceptors (Lipinski definition) is 3. The van der Waals surface area contributed by atoms with Crippen molar-refractivity contribution in [2.24, 2.45) is 0 Å². The van der Waals surface area contributed by atoms with Gasteiger partial charge in [-0.15, -0.1) is 6.42 Å². The van der Waals surface area contributed by atoms with Gasteiger partial charge in [0, 0.05) is 24.2 Å². The molecule has 3 heteroatoms. The number of nitrogens with one attached hydrogen (secondary N) is 1. The Hall–Kier alpha value is -2.05. The number of pyridine rings is 1. The molecule has 0 bridgehead atoms.